The molecule has 2 atom stereocenters. The van der Waals surface area contributed by atoms with E-state index in [9.17, 15) is 4.79 Å². The summed E-state index contributed by atoms with van der Waals surface area (Å²) >= 11 is 0. The van der Waals surface area contributed by atoms with Gasteiger partial charge in [0.1, 0.15) is 6.17 Å². The van der Waals surface area contributed by atoms with Crippen LogP contribution in [-0.4, -0.2) is 36.6 Å². The topological polar surface area (TPSA) is 41.6 Å². The summed E-state index contributed by atoms with van der Waals surface area (Å²) in [5.74, 6) is 0.175. The molecule has 1 aromatic rings. The zero-order valence-electron chi connectivity index (χ0n) is 9.63. The molecule has 90 valence electrons. The molecule has 1 N–H and O–H groups in total. The fourth-order valence-corrected chi connectivity index (χ4v) is 2.59. The summed E-state index contributed by atoms with van der Waals surface area (Å²) in [4.78, 5) is 13.9. The molecule has 0 spiro atoms. The molecule has 2 heterocycles. The summed E-state index contributed by atoms with van der Waals surface area (Å²) in [5, 5.41) is 3.27. The summed E-state index contributed by atoms with van der Waals surface area (Å²) in [7, 11) is 0. The van der Waals surface area contributed by atoms with Crippen molar-refractivity contribution in [2.75, 3.05) is 19.8 Å². The Hall–Kier alpha value is -1.39. The molecule has 3 rings (SSSR count). The SMILES string of the molecule is O=C1CNC(c2ccccc2)N1C1CCOC1. The van der Waals surface area contributed by atoms with Gasteiger partial charge in [0.25, 0.3) is 0 Å². The maximum Gasteiger partial charge on any atom is 0.238 e. The fourth-order valence-electron chi connectivity index (χ4n) is 2.59. The van der Waals surface area contributed by atoms with E-state index in [0.29, 0.717) is 13.2 Å². The standard InChI is InChI=1S/C13H16N2O2/c16-12-8-14-13(10-4-2-1-3-5-10)15(12)11-6-7-17-9-11/h1-5,11,13-14H,6-9H2. The molecule has 0 saturated carbocycles. The minimum Gasteiger partial charge on any atom is -0.379 e. The van der Waals surface area contributed by atoms with Gasteiger partial charge in [0.15, 0.2) is 0 Å². The summed E-state index contributed by atoms with van der Waals surface area (Å²) in [5.41, 5.74) is 1.14. The third-order valence-electron chi connectivity index (χ3n) is 3.43. The van der Waals surface area contributed by atoms with Crippen LogP contribution in [0, 0.1) is 0 Å². The average molecular weight is 232 g/mol. The monoisotopic (exact) mass is 232 g/mol. The summed E-state index contributed by atoms with van der Waals surface area (Å²) in [6.45, 7) is 1.85. The Labute approximate surface area is 101 Å². The van der Waals surface area contributed by atoms with Gasteiger partial charge in [-0.25, -0.2) is 0 Å². The Morgan fingerprint density at radius 1 is 1.29 bits per heavy atom. The number of hydrogen-bond acceptors (Lipinski definition) is 3. The highest BCUT2D eigenvalue weighted by molar-refractivity contribution is 5.81. The number of hydrogen-bond donors (Lipinski definition) is 1. The second-order valence-corrected chi connectivity index (χ2v) is 4.51. The van der Waals surface area contributed by atoms with Crippen LogP contribution >= 0.6 is 0 Å². The lowest BCUT2D eigenvalue weighted by molar-refractivity contribution is -0.130. The van der Waals surface area contributed by atoms with Crippen molar-refractivity contribution in [2.24, 2.45) is 0 Å². The molecule has 4 nitrogen and oxygen atoms in total. The number of nitrogens with zero attached hydrogens (tertiary/aromatic N) is 1. The van der Waals surface area contributed by atoms with E-state index in [1.165, 1.54) is 0 Å². The third kappa shape index (κ3) is 1.94. The smallest absolute Gasteiger partial charge is 0.238 e. The maximum absolute atomic E-state index is 12.0. The lowest BCUT2D eigenvalue weighted by Crippen LogP contribution is -2.39. The zero-order chi connectivity index (χ0) is 11.7. The Balaban J connectivity index is 1.86. The average Bonchev–Trinajstić information content (AvgIpc) is 2.99. The minimum atomic E-state index is 0.00963. The van der Waals surface area contributed by atoms with Gasteiger partial charge in [-0.3, -0.25) is 10.1 Å². The third-order valence-corrected chi connectivity index (χ3v) is 3.43. The van der Waals surface area contributed by atoms with Crippen molar-refractivity contribution in [2.45, 2.75) is 18.6 Å². The van der Waals surface area contributed by atoms with E-state index in [0.717, 1.165) is 18.6 Å². The molecular weight excluding hydrogens is 216 g/mol. The van der Waals surface area contributed by atoms with Crippen LogP contribution in [0.25, 0.3) is 0 Å². The van der Waals surface area contributed by atoms with E-state index in [4.69, 9.17) is 4.74 Å². The van der Waals surface area contributed by atoms with E-state index in [1.54, 1.807) is 0 Å². The molecule has 4 heteroatoms. The molecule has 2 aliphatic heterocycles. The molecule has 17 heavy (non-hydrogen) atoms. The van der Waals surface area contributed by atoms with Crippen molar-refractivity contribution < 1.29 is 9.53 Å². The Bertz CT molecular complexity index is 401. The lowest BCUT2D eigenvalue weighted by atomic mass is 10.1. The van der Waals surface area contributed by atoms with E-state index >= 15 is 0 Å². The number of carbonyl (C=O) groups is 1. The summed E-state index contributed by atoms with van der Waals surface area (Å²) in [6.07, 6.45) is 0.951. The number of benzene rings is 1. The molecule has 0 radical (unpaired) electrons. The van der Waals surface area contributed by atoms with Crippen molar-refractivity contribution in [3.05, 3.63) is 35.9 Å². The number of carbonyl (C=O) groups excluding carboxylic acids is 1. The molecule has 2 unspecified atom stereocenters. The van der Waals surface area contributed by atoms with Gasteiger partial charge in [0.2, 0.25) is 5.91 Å². The van der Waals surface area contributed by atoms with Gasteiger partial charge in [-0.15, -0.1) is 0 Å². The van der Waals surface area contributed by atoms with Gasteiger partial charge in [-0.05, 0) is 12.0 Å². The second kappa shape index (κ2) is 4.47. The summed E-state index contributed by atoms with van der Waals surface area (Å²) < 4.78 is 5.38. The zero-order valence-corrected chi connectivity index (χ0v) is 9.63. The van der Waals surface area contributed by atoms with Crippen LogP contribution < -0.4 is 5.32 Å². The first-order valence-corrected chi connectivity index (χ1v) is 6.03. The molecule has 1 aromatic carbocycles. The van der Waals surface area contributed by atoms with Crippen LogP contribution in [0.2, 0.25) is 0 Å². The van der Waals surface area contributed by atoms with Crippen molar-refractivity contribution in [1.82, 2.24) is 10.2 Å². The van der Waals surface area contributed by atoms with Crippen molar-refractivity contribution in [3.8, 4) is 0 Å². The van der Waals surface area contributed by atoms with Crippen molar-refractivity contribution >= 4 is 5.91 Å². The predicted octanol–water partition coefficient (Wildman–Crippen LogP) is 0.906. The summed E-state index contributed by atoms with van der Waals surface area (Å²) in [6, 6.07) is 10.3. The van der Waals surface area contributed by atoms with Crippen LogP contribution in [0.1, 0.15) is 18.2 Å². The lowest BCUT2D eigenvalue weighted by Gasteiger charge is -2.29. The number of rotatable bonds is 2. The van der Waals surface area contributed by atoms with Crippen LogP contribution in [0.15, 0.2) is 30.3 Å². The van der Waals surface area contributed by atoms with Crippen LogP contribution in [0.4, 0.5) is 0 Å². The van der Waals surface area contributed by atoms with E-state index in [-0.39, 0.29) is 18.1 Å². The van der Waals surface area contributed by atoms with Crippen LogP contribution in [0.5, 0.6) is 0 Å². The molecule has 0 aromatic heterocycles. The largest absolute Gasteiger partial charge is 0.379 e. The quantitative estimate of drug-likeness (QED) is 0.824. The van der Waals surface area contributed by atoms with E-state index < -0.39 is 0 Å². The number of amides is 1. The Morgan fingerprint density at radius 3 is 2.82 bits per heavy atom. The first-order valence-electron chi connectivity index (χ1n) is 6.03. The first kappa shape index (κ1) is 10.7. The van der Waals surface area contributed by atoms with Crippen LogP contribution in [-0.2, 0) is 9.53 Å². The molecular formula is C13H16N2O2. The van der Waals surface area contributed by atoms with Gasteiger partial charge in [0, 0.05) is 6.61 Å². The minimum absolute atomic E-state index is 0.00963. The number of nitrogens with one attached hydrogen (secondary N) is 1. The maximum atomic E-state index is 12.0. The highest BCUT2D eigenvalue weighted by Crippen LogP contribution is 2.27. The van der Waals surface area contributed by atoms with Gasteiger partial charge in [0.05, 0.1) is 19.2 Å². The van der Waals surface area contributed by atoms with E-state index in [2.05, 4.69) is 17.4 Å². The Morgan fingerprint density at radius 2 is 2.12 bits per heavy atom. The molecule has 2 saturated heterocycles. The first-order chi connectivity index (χ1) is 8.36. The van der Waals surface area contributed by atoms with Crippen molar-refractivity contribution in [1.29, 1.82) is 0 Å². The highest BCUT2D eigenvalue weighted by atomic mass is 16.5. The molecule has 0 aliphatic carbocycles. The van der Waals surface area contributed by atoms with Gasteiger partial charge in [-0.1, -0.05) is 30.3 Å². The fraction of sp³-hybridized carbons (Fsp3) is 0.462. The van der Waals surface area contributed by atoms with Gasteiger partial charge < -0.3 is 9.64 Å². The van der Waals surface area contributed by atoms with Gasteiger partial charge in [-0.2, -0.15) is 0 Å². The van der Waals surface area contributed by atoms with Crippen molar-refractivity contribution in [3.63, 3.8) is 0 Å². The molecule has 0 bridgehead atoms. The van der Waals surface area contributed by atoms with Gasteiger partial charge >= 0.3 is 0 Å². The molecule has 2 fully saturated rings. The highest BCUT2D eigenvalue weighted by Gasteiger charge is 2.38. The normalized spacial score (nSPS) is 28.9. The predicted molar refractivity (Wildman–Crippen MR) is 63.3 cm³/mol. The molecule has 2 aliphatic rings. The second-order valence-electron chi connectivity index (χ2n) is 4.51. The molecule has 1 amide bonds. The Kier molecular flexibility index (Phi) is 2.82. The number of ether oxygens (including phenoxy) is 1. The van der Waals surface area contributed by atoms with E-state index in [1.807, 2.05) is 23.1 Å². The van der Waals surface area contributed by atoms with Crippen LogP contribution in [0.3, 0.4) is 0 Å².